The summed E-state index contributed by atoms with van der Waals surface area (Å²) >= 11 is 8.24. The number of carbonyl (C=O) groups excluding carboxylic acids is 3. The number of thiocarbonyl (C=S) groups is 1. The van der Waals surface area contributed by atoms with E-state index in [1.807, 2.05) is 6.08 Å². The molecule has 2 heterocycles. The molecule has 0 spiro atoms. The Bertz CT molecular complexity index is 1790. The van der Waals surface area contributed by atoms with Crippen LogP contribution in [0.25, 0.3) is 17.2 Å². The van der Waals surface area contributed by atoms with Crippen LogP contribution >= 0.6 is 35.7 Å². The minimum Gasteiger partial charge on any atom is -0.480 e. The number of carbonyl (C=O) groups is 2. The van der Waals surface area contributed by atoms with Crippen LogP contribution in [0.5, 0.6) is 0 Å². The zero-order chi connectivity index (χ0) is 31.3. The fourth-order valence-electron chi connectivity index (χ4n) is 7.20. The lowest BCUT2D eigenvalue weighted by Crippen LogP contribution is -2.33. The van der Waals surface area contributed by atoms with Crippen LogP contribution in [0.4, 0.5) is 11.4 Å². The summed E-state index contributed by atoms with van der Waals surface area (Å²) in [5, 5.41) is 9.16. The van der Waals surface area contributed by atoms with Gasteiger partial charge in [0, 0.05) is 33.6 Å². The molecule has 44 heavy (non-hydrogen) atoms. The molecule has 3 aromatic carbocycles. The van der Waals surface area contributed by atoms with Crippen molar-refractivity contribution in [2.75, 3.05) is 17.7 Å². The number of carboxylic acid groups (broad SMARTS) is 1. The van der Waals surface area contributed by atoms with Crippen LogP contribution < -0.4 is 4.90 Å². The Kier molecular flexibility index (Phi) is 8.05. The molecule has 2 unspecified atom stereocenters. The summed E-state index contributed by atoms with van der Waals surface area (Å²) in [5.41, 5.74) is 10.1. The lowest BCUT2D eigenvalue weighted by molar-refractivity contribution is -0.191. The molecule has 1 saturated heterocycles. The average molecular weight is 643 g/mol. The van der Waals surface area contributed by atoms with Crippen molar-refractivity contribution >= 4 is 75.5 Å². The normalized spacial score (nSPS) is 21.4. The molecule has 1 amide bonds. The van der Waals surface area contributed by atoms with Crippen molar-refractivity contribution in [2.24, 2.45) is 0 Å². The van der Waals surface area contributed by atoms with E-state index < -0.39 is 12.5 Å². The topological polar surface area (TPSA) is 95.0 Å². The second-order valence-electron chi connectivity index (χ2n) is 11.8. The maximum absolute atomic E-state index is 12.8. The van der Waals surface area contributed by atoms with Crippen LogP contribution in [0.3, 0.4) is 0 Å². The zero-order valence-electron chi connectivity index (χ0n) is 24.5. The Labute approximate surface area is 269 Å². The van der Waals surface area contributed by atoms with Crippen molar-refractivity contribution < 1.29 is 24.3 Å². The molecule has 7 rings (SSSR count). The summed E-state index contributed by atoms with van der Waals surface area (Å²) in [6, 6.07) is 20.8. The van der Waals surface area contributed by atoms with Gasteiger partial charge in [0.2, 0.25) is 0 Å². The molecule has 2 atom stereocenters. The van der Waals surface area contributed by atoms with Crippen LogP contribution in [0.1, 0.15) is 61.3 Å². The summed E-state index contributed by atoms with van der Waals surface area (Å²) < 4.78 is 0.290. The number of carboxylic acids is 1. The molecule has 1 saturated carbocycles. The number of rotatable bonds is 5. The molecule has 224 valence electrons. The van der Waals surface area contributed by atoms with Gasteiger partial charge in [0.15, 0.2) is 0 Å². The van der Waals surface area contributed by atoms with Gasteiger partial charge in [0.1, 0.15) is 10.9 Å². The molecule has 0 radical (unpaired) electrons. The molecule has 2 aliphatic heterocycles. The highest BCUT2D eigenvalue weighted by Gasteiger charge is 2.43. The Morgan fingerprint density at radius 2 is 1.80 bits per heavy atom. The van der Waals surface area contributed by atoms with Crippen LogP contribution in [-0.4, -0.2) is 51.2 Å². The summed E-state index contributed by atoms with van der Waals surface area (Å²) in [6.45, 7) is 4.27. The first kappa shape index (κ1) is 30.3. The second-order valence-corrected chi connectivity index (χ2v) is 14.4. The first-order chi connectivity index (χ1) is 21.1. The molecule has 0 bridgehead atoms. The Hall–Kier alpha value is -3.69. The number of hydrogen-bond donors (Lipinski definition) is 1. The standard InChI is InChI=1S/C33H30N2O3S3.CO2/c1-33(2)25-15-19(8-10-21(25)22-11-9-20(40-3)16-26(22)33)35-27-6-4-5-23(27)24-13-18(7-12-28(24)35)14-29-31(38)34(17-30(36)37)32(39)41-29;2-1-3/h7-16,23,27H,4-6,17H2,1-3H3,(H,36,37);/b29-14-;. The quantitative estimate of drug-likeness (QED) is 0.176. The Morgan fingerprint density at radius 1 is 1.09 bits per heavy atom. The third-order valence-electron chi connectivity index (χ3n) is 9.13. The van der Waals surface area contributed by atoms with Gasteiger partial charge in [0.05, 0.1) is 4.91 Å². The number of nitrogens with zero attached hydrogens (tertiary/aromatic N) is 2. The van der Waals surface area contributed by atoms with Crippen molar-refractivity contribution in [3.63, 3.8) is 0 Å². The summed E-state index contributed by atoms with van der Waals surface area (Å²) in [6.07, 6.45) is 7.74. The minimum atomic E-state index is -1.07. The summed E-state index contributed by atoms with van der Waals surface area (Å²) in [5.74, 6) is -0.965. The average Bonchev–Trinajstić information content (AvgIpc) is 3.71. The van der Waals surface area contributed by atoms with Crippen molar-refractivity contribution in [3.05, 3.63) is 81.8 Å². The van der Waals surface area contributed by atoms with Crippen molar-refractivity contribution in [2.45, 2.75) is 55.4 Å². The first-order valence-corrected chi connectivity index (χ1v) is 16.8. The predicted octanol–water partition coefficient (Wildman–Crippen LogP) is 7.20. The van der Waals surface area contributed by atoms with Crippen molar-refractivity contribution in [1.29, 1.82) is 0 Å². The van der Waals surface area contributed by atoms with Gasteiger partial charge in [-0.25, -0.2) is 0 Å². The van der Waals surface area contributed by atoms with E-state index in [-0.39, 0.29) is 21.8 Å². The van der Waals surface area contributed by atoms with E-state index in [1.165, 1.54) is 62.3 Å². The van der Waals surface area contributed by atoms with Gasteiger partial charge < -0.3 is 10.0 Å². The monoisotopic (exact) mass is 642 g/mol. The van der Waals surface area contributed by atoms with Crippen LogP contribution in [0, 0.1) is 0 Å². The number of amides is 1. The first-order valence-electron chi connectivity index (χ1n) is 14.3. The van der Waals surface area contributed by atoms with Gasteiger partial charge in [-0.05, 0) is 95.0 Å². The van der Waals surface area contributed by atoms with E-state index in [1.54, 1.807) is 11.8 Å². The fourth-order valence-corrected chi connectivity index (χ4v) is 8.90. The van der Waals surface area contributed by atoms with E-state index >= 15 is 0 Å². The third kappa shape index (κ3) is 5.00. The number of thioether (sulfide) groups is 2. The van der Waals surface area contributed by atoms with Gasteiger partial charge in [-0.1, -0.05) is 62.4 Å². The lowest BCUT2D eigenvalue weighted by atomic mass is 9.82. The summed E-state index contributed by atoms with van der Waals surface area (Å²) in [4.78, 5) is 45.8. The van der Waals surface area contributed by atoms with Gasteiger partial charge in [0.25, 0.3) is 5.91 Å². The largest absolute Gasteiger partial charge is 0.480 e. The number of hydrogen-bond acceptors (Lipinski definition) is 8. The van der Waals surface area contributed by atoms with Crippen LogP contribution in [0.15, 0.2) is 64.4 Å². The molecule has 4 aliphatic rings. The maximum Gasteiger partial charge on any atom is 0.373 e. The fraction of sp³-hybridized carbons (Fsp3) is 0.294. The van der Waals surface area contributed by atoms with E-state index in [2.05, 4.69) is 79.6 Å². The molecule has 2 fully saturated rings. The molecular weight excluding hydrogens is 613 g/mol. The molecule has 0 aromatic heterocycles. The highest BCUT2D eigenvalue weighted by Crippen LogP contribution is 2.55. The smallest absolute Gasteiger partial charge is 0.373 e. The second kappa shape index (κ2) is 11.7. The molecule has 1 N–H and O–H groups in total. The third-order valence-corrected chi connectivity index (χ3v) is 11.2. The van der Waals surface area contributed by atoms with Crippen molar-refractivity contribution in [1.82, 2.24) is 4.90 Å². The highest BCUT2D eigenvalue weighted by atomic mass is 32.2. The Balaban J connectivity index is 0.00000110. The van der Waals surface area contributed by atoms with E-state index in [4.69, 9.17) is 26.9 Å². The van der Waals surface area contributed by atoms with E-state index in [0.717, 1.165) is 23.3 Å². The van der Waals surface area contributed by atoms with E-state index in [0.29, 0.717) is 16.9 Å². The Morgan fingerprint density at radius 3 is 2.50 bits per heavy atom. The molecule has 7 nitrogen and oxygen atoms in total. The number of anilines is 2. The number of fused-ring (bicyclic) bond motifs is 6. The van der Waals surface area contributed by atoms with Gasteiger partial charge in [-0.3, -0.25) is 14.5 Å². The maximum atomic E-state index is 12.8. The molecule has 2 aliphatic carbocycles. The van der Waals surface area contributed by atoms with E-state index in [9.17, 15) is 9.59 Å². The highest BCUT2D eigenvalue weighted by molar-refractivity contribution is 8.26. The lowest BCUT2D eigenvalue weighted by Gasteiger charge is -2.29. The SMILES string of the molecule is CSc1ccc2c(c1)C(C)(C)c1cc(N3c4ccc(/C=C5\SC(=S)N(CC(=O)O)C5=O)cc4C4CCCC43)ccc1-2.O=C=O. The van der Waals surface area contributed by atoms with Gasteiger partial charge in [-0.15, -0.1) is 11.8 Å². The zero-order valence-corrected chi connectivity index (χ0v) is 26.9. The predicted molar refractivity (Wildman–Crippen MR) is 177 cm³/mol. The van der Waals surface area contributed by atoms with Gasteiger partial charge >= 0.3 is 12.1 Å². The minimum absolute atomic E-state index is 0.0688. The number of aliphatic carboxylic acids is 1. The van der Waals surface area contributed by atoms with Gasteiger partial charge in [-0.2, -0.15) is 9.59 Å². The number of benzene rings is 3. The molecule has 10 heteroatoms. The van der Waals surface area contributed by atoms with Crippen molar-refractivity contribution in [3.8, 4) is 11.1 Å². The molecular formula is C34H30N2O5S3. The van der Waals surface area contributed by atoms with Crippen LogP contribution in [0.2, 0.25) is 0 Å². The van der Waals surface area contributed by atoms with Crippen LogP contribution in [-0.2, 0) is 24.6 Å². The summed E-state index contributed by atoms with van der Waals surface area (Å²) in [7, 11) is 0. The molecule has 3 aromatic rings.